The first-order valence-corrected chi connectivity index (χ1v) is 10.1. The van der Waals surface area contributed by atoms with Crippen molar-refractivity contribution in [1.82, 2.24) is 4.72 Å². The number of methoxy groups -OCH3 is 1. The van der Waals surface area contributed by atoms with Crippen molar-refractivity contribution in [3.8, 4) is 5.75 Å². The zero-order chi connectivity index (χ0) is 20.1. The Morgan fingerprint density at radius 1 is 1.07 bits per heavy atom. The molecular formula is C20H26N2O4S. The minimum Gasteiger partial charge on any atom is -0.496 e. The molecule has 0 heterocycles. The van der Waals surface area contributed by atoms with Gasteiger partial charge in [0, 0.05) is 17.6 Å². The molecule has 0 saturated carbocycles. The number of aryl methyl sites for hydroxylation is 1. The first kappa shape index (κ1) is 20.9. The van der Waals surface area contributed by atoms with Crippen LogP contribution in [0.3, 0.4) is 0 Å². The Balaban J connectivity index is 2.04. The van der Waals surface area contributed by atoms with Gasteiger partial charge in [0.25, 0.3) is 0 Å². The quantitative estimate of drug-likeness (QED) is 0.759. The molecule has 2 N–H and O–H groups in total. The van der Waals surface area contributed by atoms with Crippen LogP contribution in [0.25, 0.3) is 0 Å². The second-order valence-corrected chi connectivity index (χ2v) is 8.93. The number of carbonyl (C=O) groups excluding carboxylic acids is 1. The second kappa shape index (κ2) is 8.54. The van der Waals surface area contributed by atoms with Gasteiger partial charge in [-0.1, -0.05) is 24.3 Å². The van der Waals surface area contributed by atoms with Crippen molar-refractivity contribution in [2.75, 3.05) is 12.4 Å². The highest BCUT2D eigenvalue weighted by atomic mass is 32.2. The summed E-state index contributed by atoms with van der Waals surface area (Å²) in [6.45, 7) is 5.32. The van der Waals surface area contributed by atoms with Gasteiger partial charge < -0.3 is 10.1 Å². The molecule has 0 bridgehead atoms. The molecule has 27 heavy (non-hydrogen) atoms. The monoisotopic (exact) mass is 390 g/mol. The molecule has 0 aliphatic rings. The molecule has 0 radical (unpaired) electrons. The predicted molar refractivity (Wildman–Crippen MR) is 106 cm³/mol. The van der Waals surface area contributed by atoms with Crippen LogP contribution in [0.1, 0.15) is 32.8 Å². The Morgan fingerprint density at radius 3 is 2.44 bits per heavy atom. The average Bonchev–Trinajstić information content (AvgIpc) is 2.58. The van der Waals surface area contributed by atoms with Gasteiger partial charge in [0.15, 0.2) is 0 Å². The second-order valence-electron chi connectivity index (χ2n) is 7.24. The van der Waals surface area contributed by atoms with Crippen LogP contribution in [0.4, 0.5) is 5.69 Å². The average molecular weight is 391 g/mol. The van der Waals surface area contributed by atoms with E-state index >= 15 is 0 Å². The largest absolute Gasteiger partial charge is 0.496 e. The molecule has 0 aromatic heterocycles. The predicted octanol–water partition coefficient (Wildman–Crippen LogP) is 3.34. The molecule has 0 aliphatic carbocycles. The minimum absolute atomic E-state index is 0.111. The fourth-order valence-electron chi connectivity index (χ4n) is 2.58. The van der Waals surface area contributed by atoms with E-state index in [0.717, 1.165) is 11.3 Å². The van der Waals surface area contributed by atoms with Gasteiger partial charge in [0.05, 0.1) is 12.0 Å². The molecule has 0 fully saturated rings. The van der Waals surface area contributed by atoms with Crippen LogP contribution < -0.4 is 14.8 Å². The minimum atomic E-state index is -3.66. The van der Waals surface area contributed by atoms with Crippen LogP contribution in [-0.4, -0.2) is 27.0 Å². The van der Waals surface area contributed by atoms with E-state index in [1.54, 1.807) is 40.0 Å². The lowest BCUT2D eigenvalue weighted by Crippen LogP contribution is -2.40. The lowest BCUT2D eigenvalue weighted by molar-refractivity contribution is -0.116. The standard InChI is InChI=1S/C20H26N2O4S/c1-20(2,3)22-27(24,25)17-10-7-9-16(14-17)21-19(23)13-12-15-8-5-6-11-18(15)26-4/h5-11,14,22H,12-13H2,1-4H3,(H,21,23). The van der Waals surface area contributed by atoms with Crippen molar-refractivity contribution in [3.63, 3.8) is 0 Å². The number of hydrogen-bond donors (Lipinski definition) is 2. The highest BCUT2D eigenvalue weighted by Crippen LogP contribution is 2.20. The number of anilines is 1. The summed E-state index contributed by atoms with van der Waals surface area (Å²) in [6, 6.07) is 13.8. The highest BCUT2D eigenvalue weighted by molar-refractivity contribution is 7.89. The molecule has 0 unspecified atom stereocenters. The number of ether oxygens (including phenoxy) is 1. The number of rotatable bonds is 7. The molecule has 7 heteroatoms. The van der Waals surface area contributed by atoms with E-state index in [1.165, 1.54) is 12.1 Å². The highest BCUT2D eigenvalue weighted by Gasteiger charge is 2.22. The van der Waals surface area contributed by atoms with Crippen molar-refractivity contribution in [2.24, 2.45) is 0 Å². The van der Waals surface area contributed by atoms with Crippen LogP contribution in [0.15, 0.2) is 53.4 Å². The Bertz CT molecular complexity index is 902. The van der Waals surface area contributed by atoms with Crippen LogP contribution in [-0.2, 0) is 21.2 Å². The third-order valence-corrected chi connectivity index (χ3v) is 5.44. The van der Waals surface area contributed by atoms with Gasteiger partial charge in [-0.3, -0.25) is 4.79 Å². The van der Waals surface area contributed by atoms with E-state index in [0.29, 0.717) is 12.1 Å². The van der Waals surface area contributed by atoms with Gasteiger partial charge in [-0.05, 0) is 57.0 Å². The Labute approximate surface area is 161 Å². The summed E-state index contributed by atoms with van der Waals surface area (Å²) >= 11 is 0. The summed E-state index contributed by atoms with van der Waals surface area (Å²) < 4.78 is 32.7. The first-order valence-electron chi connectivity index (χ1n) is 8.66. The molecule has 2 rings (SSSR count). The number of nitrogens with one attached hydrogen (secondary N) is 2. The summed E-state index contributed by atoms with van der Waals surface area (Å²) in [6.07, 6.45) is 0.789. The van der Waals surface area contributed by atoms with Crippen LogP contribution in [0.2, 0.25) is 0 Å². The Morgan fingerprint density at radius 2 is 1.78 bits per heavy atom. The molecule has 6 nitrogen and oxygen atoms in total. The third-order valence-electron chi connectivity index (χ3n) is 3.68. The van der Waals surface area contributed by atoms with Crippen LogP contribution >= 0.6 is 0 Å². The lowest BCUT2D eigenvalue weighted by atomic mass is 10.1. The number of hydrogen-bond acceptors (Lipinski definition) is 4. The van der Waals surface area contributed by atoms with E-state index < -0.39 is 15.6 Å². The molecule has 146 valence electrons. The maximum absolute atomic E-state index is 12.4. The van der Waals surface area contributed by atoms with Gasteiger partial charge in [-0.25, -0.2) is 13.1 Å². The molecule has 0 saturated heterocycles. The van der Waals surface area contributed by atoms with Gasteiger partial charge >= 0.3 is 0 Å². The molecule has 2 aromatic carbocycles. The summed E-state index contributed by atoms with van der Waals surface area (Å²) in [5, 5.41) is 2.75. The summed E-state index contributed by atoms with van der Waals surface area (Å²) in [5.41, 5.74) is 0.796. The number of benzene rings is 2. The SMILES string of the molecule is COc1ccccc1CCC(=O)Nc1cccc(S(=O)(=O)NC(C)(C)C)c1. The first-order chi connectivity index (χ1) is 12.6. The van der Waals surface area contributed by atoms with E-state index in [-0.39, 0.29) is 17.2 Å². The topological polar surface area (TPSA) is 84.5 Å². The smallest absolute Gasteiger partial charge is 0.241 e. The van der Waals surface area contributed by atoms with Crippen molar-refractivity contribution in [3.05, 3.63) is 54.1 Å². The maximum atomic E-state index is 12.4. The van der Waals surface area contributed by atoms with Crippen molar-refractivity contribution < 1.29 is 17.9 Å². The zero-order valence-electron chi connectivity index (χ0n) is 16.1. The molecule has 2 aromatic rings. The molecule has 1 amide bonds. The van der Waals surface area contributed by atoms with Gasteiger partial charge in [-0.15, -0.1) is 0 Å². The van der Waals surface area contributed by atoms with E-state index in [1.807, 2.05) is 24.3 Å². The van der Waals surface area contributed by atoms with Crippen molar-refractivity contribution in [1.29, 1.82) is 0 Å². The summed E-state index contributed by atoms with van der Waals surface area (Å²) in [5.74, 6) is 0.547. The molecule has 0 aliphatic heterocycles. The molecular weight excluding hydrogens is 364 g/mol. The number of para-hydroxylation sites is 1. The van der Waals surface area contributed by atoms with Crippen LogP contribution in [0.5, 0.6) is 5.75 Å². The number of sulfonamides is 1. The van der Waals surface area contributed by atoms with Crippen LogP contribution in [0, 0.1) is 0 Å². The van der Waals surface area contributed by atoms with Crippen molar-refractivity contribution >= 4 is 21.6 Å². The fourth-order valence-corrected chi connectivity index (χ4v) is 4.05. The van der Waals surface area contributed by atoms with Gasteiger partial charge in [0.2, 0.25) is 15.9 Å². The van der Waals surface area contributed by atoms with E-state index in [4.69, 9.17) is 4.74 Å². The molecule has 0 atom stereocenters. The number of carbonyl (C=O) groups is 1. The third kappa shape index (κ3) is 6.37. The normalized spacial score (nSPS) is 11.9. The van der Waals surface area contributed by atoms with Gasteiger partial charge in [0.1, 0.15) is 5.75 Å². The molecule has 0 spiro atoms. The lowest BCUT2D eigenvalue weighted by Gasteiger charge is -2.20. The number of amides is 1. The summed E-state index contributed by atoms with van der Waals surface area (Å²) in [7, 11) is -2.06. The van der Waals surface area contributed by atoms with E-state index in [9.17, 15) is 13.2 Å². The van der Waals surface area contributed by atoms with E-state index in [2.05, 4.69) is 10.0 Å². The van der Waals surface area contributed by atoms with Gasteiger partial charge in [-0.2, -0.15) is 0 Å². The zero-order valence-corrected chi connectivity index (χ0v) is 16.9. The maximum Gasteiger partial charge on any atom is 0.241 e. The summed E-state index contributed by atoms with van der Waals surface area (Å²) in [4.78, 5) is 12.4. The Kier molecular flexibility index (Phi) is 6.62. The fraction of sp³-hybridized carbons (Fsp3) is 0.350. The Hall–Kier alpha value is -2.38. The van der Waals surface area contributed by atoms with Crippen molar-refractivity contribution in [2.45, 2.75) is 44.0 Å².